The van der Waals surface area contributed by atoms with E-state index in [0.29, 0.717) is 16.7 Å². The first-order chi connectivity index (χ1) is 7.75. The average Bonchev–Trinajstić information content (AvgIpc) is 2.29. The quantitative estimate of drug-likeness (QED) is 0.880. The summed E-state index contributed by atoms with van der Waals surface area (Å²) < 4.78 is 5.35. The summed E-state index contributed by atoms with van der Waals surface area (Å²) in [5.41, 5.74) is 0.971. The van der Waals surface area contributed by atoms with Crippen molar-refractivity contribution >= 4 is 29.3 Å². The van der Waals surface area contributed by atoms with Gasteiger partial charge in [-0.25, -0.2) is 0 Å². The molecule has 1 N–H and O–H groups in total. The van der Waals surface area contributed by atoms with Gasteiger partial charge in [-0.15, -0.1) is 0 Å². The van der Waals surface area contributed by atoms with Crippen LogP contribution in [0.3, 0.4) is 0 Å². The molecule has 1 atom stereocenters. The van der Waals surface area contributed by atoms with Gasteiger partial charge in [-0.05, 0) is 17.7 Å². The summed E-state index contributed by atoms with van der Waals surface area (Å²) in [6.07, 6.45) is 4.05. The summed E-state index contributed by atoms with van der Waals surface area (Å²) in [5, 5.41) is 4.66. The fraction of sp³-hybridized carbons (Fsp3) is 0.333. The Morgan fingerprint density at radius 1 is 1.38 bits per heavy atom. The molecule has 86 valence electrons. The van der Waals surface area contributed by atoms with E-state index in [1.165, 1.54) is 0 Å². The molecule has 0 aliphatic carbocycles. The van der Waals surface area contributed by atoms with Crippen molar-refractivity contribution in [2.45, 2.75) is 6.04 Å². The van der Waals surface area contributed by atoms with Gasteiger partial charge in [0.15, 0.2) is 0 Å². The lowest BCUT2D eigenvalue weighted by molar-refractivity contribution is 0.0903. The van der Waals surface area contributed by atoms with Crippen molar-refractivity contribution in [2.24, 2.45) is 0 Å². The first kappa shape index (κ1) is 11.9. The first-order valence-electron chi connectivity index (χ1n) is 5.20. The van der Waals surface area contributed by atoms with Crippen molar-refractivity contribution in [1.29, 1.82) is 0 Å². The summed E-state index contributed by atoms with van der Waals surface area (Å²) in [5.74, 6) is 0. The molecule has 0 aromatic heterocycles. The number of benzene rings is 1. The minimum atomic E-state index is 0.264. The molecule has 1 fully saturated rings. The number of hydrogen-bond acceptors (Lipinski definition) is 2. The Hall–Kier alpha value is -0.540. The lowest BCUT2D eigenvalue weighted by Gasteiger charge is -2.20. The number of hydrogen-bond donors (Lipinski definition) is 1. The highest BCUT2D eigenvalue weighted by atomic mass is 35.5. The molecular formula is C12H13Cl2NO. The molecule has 0 radical (unpaired) electrons. The predicted octanol–water partition coefficient (Wildman–Crippen LogP) is 3.00. The second kappa shape index (κ2) is 5.69. The molecule has 1 saturated heterocycles. The summed E-state index contributed by atoms with van der Waals surface area (Å²) in [6, 6.07) is 5.75. The van der Waals surface area contributed by atoms with Gasteiger partial charge in [0, 0.05) is 22.6 Å². The smallest absolute Gasteiger partial charge is 0.0656 e. The first-order valence-corrected chi connectivity index (χ1v) is 5.96. The zero-order valence-electron chi connectivity index (χ0n) is 8.75. The van der Waals surface area contributed by atoms with Gasteiger partial charge in [-0.3, -0.25) is 0 Å². The summed E-state index contributed by atoms with van der Waals surface area (Å²) >= 11 is 11.9. The lowest BCUT2D eigenvalue weighted by atomic mass is 10.1. The van der Waals surface area contributed by atoms with Crippen LogP contribution in [0.5, 0.6) is 0 Å². The van der Waals surface area contributed by atoms with E-state index < -0.39 is 0 Å². The van der Waals surface area contributed by atoms with Crippen LogP contribution in [0, 0.1) is 0 Å². The van der Waals surface area contributed by atoms with Crippen LogP contribution in [0.15, 0.2) is 24.3 Å². The second-order valence-corrected chi connectivity index (χ2v) is 4.50. The standard InChI is InChI=1S/C12H13Cl2NO/c13-10-3-1-9(12(14)7-10)2-4-11-8-16-6-5-15-11/h1-4,7,11,15H,5-6,8H2/b4-2+. The zero-order chi connectivity index (χ0) is 11.4. The van der Waals surface area contributed by atoms with E-state index in [9.17, 15) is 0 Å². The third-order valence-electron chi connectivity index (χ3n) is 2.42. The summed E-state index contributed by atoms with van der Waals surface area (Å²) in [7, 11) is 0. The SMILES string of the molecule is Clc1ccc(/C=C/C2COCCN2)c(Cl)c1. The van der Waals surface area contributed by atoms with E-state index in [4.69, 9.17) is 27.9 Å². The molecule has 2 nitrogen and oxygen atoms in total. The average molecular weight is 258 g/mol. The highest BCUT2D eigenvalue weighted by Gasteiger charge is 2.08. The number of rotatable bonds is 2. The van der Waals surface area contributed by atoms with Gasteiger partial charge in [0.2, 0.25) is 0 Å². The highest BCUT2D eigenvalue weighted by molar-refractivity contribution is 6.35. The van der Waals surface area contributed by atoms with Gasteiger partial charge in [0.05, 0.1) is 13.2 Å². The Labute approximate surface area is 105 Å². The van der Waals surface area contributed by atoms with E-state index >= 15 is 0 Å². The van der Waals surface area contributed by atoms with Crippen LogP contribution in [-0.2, 0) is 4.74 Å². The van der Waals surface area contributed by atoms with Crippen molar-refractivity contribution in [3.8, 4) is 0 Å². The molecule has 0 saturated carbocycles. The third kappa shape index (κ3) is 3.22. The molecule has 1 aliphatic rings. The molecule has 1 unspecified atom stereocenters. The second-order valence-electron chi connectivity index (χ2n) is 3.66. The van der Waals surface area contributed by atoms with Crippen LogP contribution < -0.4 is 5.32 Å². The molecule has 4 heteroatoms. The normalized spacial score (nSPS) is 21.5. The predicted molar refractivity (Wildman–Crippen MR) is 68.1 cm³/mol. The number of halogens is 2. The molecule has 0 bridgehead atoms. The molecule has 16 heavy (non-hydrogen) atoms. The fourth-order valence-electron chi connectivity index (χ4n) is 1.57. The van der Waals surface area contributed by atoms with Crippen molar-refractivity contribution in [2.75, 3.05) is 19.8 Å². The Morgan fingerprint density at radius 2 is 2.25 bits per heavy atom. The third-order valence-corrected chi connectivity index (χ3v) is 2.98. The van der Waals surface area contributed by atoms with E-state index in [0.717, 1.165) is 18.7 Å². The largest absolute Gasteiger partial charge is 0.378 e. The molecule has 0 amide bonds. The van der Waals surface area contributed by atoms with E-state index in [-0.39, 0.29) is 6.04 Å². The van der Waals surface area contributed by atoms with Crippen LogP contribution in [0.25, 0.3) is 6.08 Å². The zero-order valence-corrected chi connectivity index (χ0v) is 10.3. The van der Waals surface area contributed by atoms with Crippen molar-refractivity contribution in [3.63, 3.8) is 0 Å². The maximum atomic E-state index is 6.06. The molecule has 1 aromatic rings. The van der Waals surface area contributed by atoms with E-state index in [1.54, 1.807) is 6.07 Å². The summed E-state index contributed by atoms with van der Waals surface area (Å²) in [6.45, 7) is 2.39. The number of ether oxygens (including phenoxy) is 1. The van der Waals surface area contributed by atoms with Gasteiger partial charge < -0.3 is 10.1 Å². The summed E-state index contributed by atoms with van der Waals surface area (Å²) in [4.78, 5) is 0. The number of nitrogens with one attached hydrogen (secondary N) is 1. The minimum absolute atomic E-state index is 0.264. The topological polar surface area (TPSA) is 21.3 Å². The van der Waals surface area contributed by atoms with E-state index in [2.05, 4.69) is 11.4 Å². The van der Waals surface area contributed by atoms with Gasteiger partial charge in [-0.1, -0.05) is 41.4 Å². The van der Waals surface area contributed by atoms with Crippen molar-refractivity contribution in [3.05, 3.63) is 39.9 Å². The van der Waals surface area contributed by atoms with Crippen molar-refractivity contribution in [1.82, 2.24) is 5.32 Å². The fourth-order valence-corrected chi connectivity index (χ4v) is 2.04. The highest BCUT2D eigenvalue weighted by Crippen LogP contribution is 2.22. The monoisotopic (exact) mass is 257 g/mol. The van der Waals surface area contributed by atoms with Crippen molar-refractivity contribution < 1.29 is 4.74 Å². The Kier molecular flexibility index (Phi) is 4.24. The van der Waals surface area contributed by atoms with Crippen LogP contribution in [-0.4, -0.2) is 25.8 Å². The van der Waals surface area contributed by atoms with Crippen LogP contribution in [0.1, 0.15) is 5.56 Å². The van der Waals surface area contributed by atoms with Gasteiger partial charge >= 0.3 is 0 Å². The minimum Gasteiger partial charge on any atom is -0.378 e. The maximum absolute atomic E-state index is 6.06. The Balaban J connectivity index is 2.04. The van der Waals surface area contributed by atoms with Gasteiger partial charge in [-0.2, -0.15) is 0 Å². The van der Waals surface area contributed by atoms with Gasteiger partial charge in [0.25, 0.3) is 0 Å². The lowest BCUT2D eigenvalue weighted by Crippen LogP contribution is -2.39. The Bertz CT molecular complexity index is 387. The molecular weight excluding hydrogens is 245 g/mol. The van der Waals surface area contributed by atoms with Crippen LogP contribution in [0.4, 0.5) is 0 Å². The van der Waals surface area contributed by atoms with Crippen LogP contribution >= 0.6 is 23.2 Å². The van der Waals surface area contributed by atoms with Gasteiger partial charge in [0.1, 0.15) is 0 Å². The molecule has 1 aromatic carbocycles. The van der Waals surface area contributed by atoms with Crippen LogP contribution in [0.2, 0.25) is 10.0 Å². The molecule has 1 heterocycles. The molecule has 2 rings (SSSR count). The van der Waals surface area contributed by atoms with E-state index in [1.807, 2.05) is 18.2 Å². The molecule has 1 aliphatic heterocycles. The molecule has 0 spiro atoms. The Morgan fingerprint density at radius 3 is 2.94 bits per heavy atom. The maximum Gasteiger partial charge on any atom is 0.0656 e. The number of morpholine rings is 1.